The summed E-state index contributed by atoms with van der Waals surface area (Å²) in [5.74, 6) is 0.454. The van der Waals surface area contributed by atoms with Gasteiger partial charge in [0.25, 0.3) is 0 Å². The Morgan fingerprint density at radius 1 is 1.24 bits per heavy atom. The normalized spacial score (nSPS) is 12.2. The Morgan fingerprint density at radius 3 is 2.65 bits per heavy atom. The molecule has 0 aliphatic heterocycles. The number of ether oxygens (including phenoxy) is 1. The first kappa shape index (κ1) is 12.0. The van der Waals surface area contributed by atoms with Gasteiger partial charge >= 0.3 is 0 Å². The monoisotopic (exact) mass is 293 g/mol. The molecule has 0 saturated heterocycles. The number of halogens is 1. The summed E-state index contributed by atoms with van der Waals surface area (Å²) >= 11 is 3.47. The summed E-state index contributed by atoms with van der Waals surface area (Å²) in [6.45, 7) is 0. The van der Waals surface area contributed by atoms with Gasteiger partial charge < -0.3 is 10.5 Å². The number of rotatable bonds is 3. The Balaban J connectivity index is 2.44. The first-order chi connectivity index (χ1) is 8.24. The lowest BCUT2D eigenvalue weighted by Gasteiger charge is -2.15. The van der Waals surface area contributed by atoms with Gasteiger partial charge in [0.2, 0.25) is 5.88 Å². The lowest BCUT2D eigenvalue weighted by Crippen LogP contribution is -2.15. The van der Waals surface area contributed by atoms with Crippen LogP contribution < -0.4 is 10.5 Å². The second-order valence-corrected chi connectivity index (χ2v) is 4.30. The molecule has 0 aliphatic carbocycles. The van der Waals surface area contributed by atoms with Crippen molar-refractivity contribution in [3.8, 4) is 5.88 Å². The van der Waals surface area contributed by atoms with E-state index in [1.807, 2.05) is 24.3 Å². The predicted molar refractivity (Wildman–Crippen MR) is 68.8 cm³/mol. The molecule has 1 atom stereocenters. The molecule has 0 bridgehead atoms. The summed E-state index contributed by atoms with van der Waals surface area (Å²) in [5, 5.41) is 0. The van der Waals surface area contributed by atoms with Crippen molar-refractivity contribution in [2.75, 3.05) is 7.11 Å². The van der Waals surface area contributed by atoms with E-state index in [9.17, 15) is 0 Å². The maximum Gasteiger partial charge on any atom is 0.237 e. The van der Waals surface area contributed by atoms with E-state index in [0.717, 1.165) is 10.0 Å². The van der Waals surface area contributed by atoms with Crippen LogP contribution in [0.2, 0.25) is 0 Å². The van der Waals surface area contributed by atoms with E-state index >= 15 is 0 Å². The van der Waals surface area contributed by atoms with Gasteiger partial charge in [-0.25, -0.2) is 4.98 Å². The molecule has 17 heavy (non-hydrogen) atoms. The Kier molecular flexibility index (Phi) is 3.71. The largest absolute Gasteiger partial charge is 0.480 e. The lowest BCUT2D eigenvalue weighted by atomic mass is 10.0. The molecule has 0 fully saturated rings. The van der Waals surface area contributed by atoms with Gasteiger partial charge in [0.05, 0.1) is 13.2 Å². The quantitative estimate of drug-likeness (QED) is 0.943. The molecule has 0 saturated carbocycles. The molecule has 0 radical (unpaired) electrons. The Labute approximate surface area is 108 Å². The summed E-state index contributed by atoms with van der Waals surface area (Å²) < 4.78 is 6.10. The third-order valence-corrected chi connectivity index (χ3v) is 3.14. The van der Waals surface area contributed by atoms with Gasteiger partial charge in [0.1, 0.15) is 5.69 Å². The van der Waals surface area contributed by atoms with E-state index in [4.69, 9.17) is 10.5 Å². The molecule has 88 valence electrons. The first-order valence-corrected chi connectivity index (χ1v) is 5.88. The minimum Gasteiger partial charge on any atom is -0.480 e. The van der Waals surface area contributed by atoms with Gasteiger partial charge in [-0.15, -0.1) is 0 Å². The fraction of sp³-hybridized carbons (Fsp3) is 0.167. The van der Waals surface area contributed by atoms with Crippen molar-refractivity contribution in [3.05, 3.63) is 52.4 Å². The summed E-state index contributed by atoms with van der Waals surface area (Å²) in [6, 6.07) is 7.40. The summed E-state index contributed by atoms with van der Waals surface area (Å²) in [5.41, 5.74) is 7.76. The van der Waals surface area contributed by atoms with Crippen LogP contribution in [0, 0.1) is 0 Å². The molecule has 4 nitrogen and oxygen atoms in total. The fourth-order valence-electron chi connectivity index (χ4n) is 1.58. The van der Waals surface area contributed by atoms with Gasteiger partial charge in [0, 0.05) is 16.9 Å². The number of nitrogens with zero attached hydrogens (tertiary/aromatic N) is 2. The standard InChI is InChI=1S/C12H12BrN3O/c1-17-12-11(15-6-7-16-12)10(14)8-4-2-3-5-9(8)13/h2-7,10H,14H2,1H3. The van der Waals surface area contributed by atoms with Crippen molar-refractivity contribution >= 4 is 15.9 Å². The molecule has 2 aromatic rings. The zero-order valence-electron chi connectivity index (χ0n) is 9.30. The average molecular weight is 294 g/mol. The minimum absolute atomic E-state index is 0.366. The second kappa shape index (κ2) is 5.25. The third-order valence-electron chi connectivity index (χ3n) is 2.42. The molecule has 0 amide bonds. The maximum absolute atomic E-state index is 6.18. The number of hydrogen-bond donors (Lipinski definition) is 1. The molecule has 1 aromatic heterocycles. The molecule has 2 rings (SSSR count). The van der Waals surface area contributed by atoms with Crippen LogP contribution in [-0.2, 0) is 0 Å². The Bertz CT molecular complexity index is 519. The van der Waals surface area contributed by atoms with Gasteiger partial charge in [-0.2, -0.15) is 0 Å². The molecule has 2 N–H and O–H groups in total. The SMILES string of the molecule is COc1nccnc1C(N)c1ccccc1Br. The first-order valence-electron chi connectivity index (χ1n) is 5.09. The van der Waals surface area contributed by atoms with E-state index < -0.39 is 0 Å². The minimum atomic E-state index is -0.366. The van der Waals surface area contributed by atoms with E-state index in [0.29, 0.717) is 11.6 Å². The number of aromatic nitrogens is 2. The third kappa shape index (κ3) is 2.45. The topological polar surface area (TPSA) is 61.0 Å². The molecule has 5 heteroatoms. The smallest absolute Gasteiger partial charge is 0.237 e. The number of hydrogen-bond acceptors (Lipinski definition) is 4. The average Bonchev–Trinajstić information content (AvgIpc) is 2.38. The van der Waals surface area contributed by atoms with E-state index in [1.165, 1.54) is 0 Å². The van der Waals surface area contributed by atoms with Crippen LogP contribution in [0.1, 0.15) is 17.3 Å². The number of nitrogens with two attached hydrogens (primary N) is 1. The van der Waals surface area contributed by atoms with Crippen molar-refractivity contribution in [3.63, 3.8) is 0 Å². The van der Waals surface area contributed by atoms with Crippen molar-refractivity contribution < 1.29 is 4.74 Å². The van der Waals surface area contributed by atoms with Crippen LogP contribution in [0.4, 0.5) is 0 Å². The van der Waals surface area contributed by atoms with Crippen LogP contribution in [-0.4, -0.2) is 17.1 Å². The van der Waals surface area contributed by atoms with Crippen molar-refractivity contribution in [2.45, 2.75) is 6.04 Å². The van der Waals surface area contributed by atoms with E-state index in [1.54, 1.807) is 19.5 Å². The summed E-state index contributed by atoms with van der Waals surface area (Å²) in [7, 11) is 1.56. The van der Waals surface area contributed by atoms with Crippen LogP contribution in [0.5, 0.6) is 5.88 Å². The van der Waals surface area contributed by atoms with Crippen molar-refractivity contribution in [1.82, 2.24) is 9.97 Å². The fourth-order valence-corrected chi connectivity index (χ4v) is 2.11. The second-order valence-electron chi connectivity index (χ2n) is 3.45. The Hall–Kier alpha value is -1.46. The van der Waals surface area contributed by atoms with Gasteiger partial charge in [-0.05, 0) is 11.6 Å². The highest BCUT2D eigenvalue weighted by molar-refractivity contribution is 9.10. The molecule has 0 aliphatic rings. The van der Waals surface area contributed by atoms with Gasteiger partial charge in [-0.1, -0.05) is 34.1 Å². The van der Waals surface area contributed by atoms with Crippen LogP contribution >= 0.6 is 15.9 Å². The van der Waals surface area contributed by atoms with E-state index in [-0.39, 0.29) is 6.04 Å². The number of methoxy groups -OCH3 is 1. The van der Waals surface area contributed by atoms with E-state index in [2.05, 4.69) is 25.9 Å². The number of benzene rings is 1. The molecule has 1 unspecified atom stereocenters. The zero-order chi connectivity index (χ0) is 12.3. The highest BCUT2D eigenvalue weighted by Gasteiger charge is 2.18. The van der Waals surface area contributed by atoms with Crippen molar-refractivity contribution in [2.24, 2.45) is 5.73 Å². The van der Waals surface area contributed by atoms with Crippen LogP contribution in [0.25, 0.3) is 0 Å². The van der Waals surface area contributed by atoms with Gasteiger partial charge in [-0.3, -0.25) is 4.98 Å². The van der Waals surface area contributed by atoms with Crippen LogP contribution in [0.15, 0.2) is 41.1 Å². The zero-order valence-corrected chi connectivity index (χ0v) is 10.9. The maximum atomic E-state index is 6.18. The van der Waals surface area contributed by atoms with Crippen LogP contribution in [0.3, 0.4) is 0 Å². The highest BCUT2D eigenvalue weighted by atomic mass is 79.9. The molecule has 1 aromatic carbocycles. The lowest BCUT2D eigenvalue weighted by molar-refractivity contribution is 0.387. The molecule has 0 spiro atoms. The van der Waals surface area contributed by atoms with Gasteiger partial charge in [0.15, 0.2) is 0 Å². The molecular weight excluding hydrogens is 282 g/mol. The summed E-state index contributed by atoms with van der Waals surface area (Å²) in [4.78, 5) is 8.33. The molecule has 1 heterocycles. The Morgan fingerprint density at radius 2 is 1.94 bits per heavy atom. The molecular formula is C12H12BrN3O. The summed E-state index contributed by atoms with van der Waals surface area (Å²) in [6.07, 6.45) is 3.18. The predicted octanol–water partition coefficient (Wildman–Crippen LogP) is 2.30. The van der Waals surface area contributed by atoms with Crippen molar-refractivity contribution in [1.29, 1.82) is 0 Å². The highest BCUT2D eigenvalue weighted by Crippen LogP contribution is 2.28.